The molecule has 6 nitrogen and oxygen atoms in total. The Hall–Kier alpha value is -1.92. The number of rotatable bonds is 6. The Labute approximate surface area is 118 Å². The third kappa shape index (κ3) is 4.64. The number of nitrogens with one attached hydrogen (secondary N) is 2. The molecule has 1 unspecified atom stereocenters. The van der Waals surface area contributed by atoms with Gasteiger partial charge < -0.3 is 21.1 Å². The smallest absolute Gasteiger partial charge is 0.243 e. The highest BCUT2D eigenvalue weighted by Crippen LogP contribution is 2.18. The lowest BCUT2D eigenvalue weighted by molar-refractivity contribution is -0.126. The Morgan fingerprint density at radius 2 is 1.90 bits per heavy atom. The summed E-state index contributed by atoms with van der Waals surface area (Å²) in [4.78, 5) is 23.3. The minimum absolute atomic E-state index is 0.115. The van der Waals surface area contributed by atoms with Crippen LogP contribution in [0.5, 0.6) is 0 Å². The highest BCUT2D eigenvalue weighted by Gasteiger charge is 2.14. The van der Waals surface area contributed by atoms with E-state index in [-0.39, 0.29) is 19.1 Å². The van der Waals surface area contributed by atoms with E-state index >= 15 is 0 Å². The van der Waals surface area contributed by atoms with E-state index in [1.165, 1.54) is 7.11 Å². The van der Waals surface area contributed by atoms with E-state index < -0.39 is 11.9 Å². The van der Waals surface area contributed by atoms with Crippen molar-refractivity contribution in [2.24, 2.45) is 5.73 Å². The highest BCUT2D eigenvalue weighted by molar-refractivity contribution is 5.96. The maximum absolute atomic E-state index is 11.8. The second-order valence-electron chi connectivity index (χ2n) is 4.59. The number of nitrogens with two attached hydrogens (primary N) is 1. The molecule has 0 radical (unpaired) electrons. The molecule has 0 aromatic heterocycles. The van der Waals surface area contributed by atoms with Gasteiger partial charge in [-0.2, -0.15) is 0 Å². The standard InChI is InChI=1S/C14H21N3O3/c1-9-5-4-6-10(2)13(9)17-12(18)7-16-14(19)11(15)8-20-3/h4-6,11H,7-8,15H2,1-3H3,(H,16,19)(H,17,18). The molecule has 4 N–H and O–H groups in total. The van der Waals surface area contributed by atoms with Crippen LogP contribution in [0.3, 0.4) is 0 Å². The van der Waals surface area contributed by atoms with Gasteiger partial charge in [-0.1, -0.05) is 18.2 Å². The lowest BCUT2D eigenvalue weighted by Gasteiger charge is -2.13. The van der Waals surface area contributed by atoms with Crippen LogP contribution in [0.2, 0.25) is 0 Å². The van der Waals surface area contributed by atoms with Crippen LogP contribution in [-0.2, 0) is 14.3 Å². The van der Waals surface area contributed by atoms with Gasteiger partial charge in [0.15, 0.2) is 0 Å². The van der Waals surface area contributed by atoms with E-state index in [0.717, 1.165) is 16.8 Å². The fraction of sp³-hybridized carbons (Fsp3) is 0.429. The molecule has 2 amide bonds. The molecule has 0 bridgehead atoms. The fourth-order valence-corrected chi connectivity index (χ4v) is 1.75. The van der Waals surface area contributed by atoms with Crippen molar-refractivity contribution in [1.82, 2.24) is 5.32 Å². The van der Waals surface area contributed by atoms with Crippen LogP contribution >= 0.6 is 0 Å². The van der Waals surface area contributed by atoms with Gasteiger partial charge in [0.1, 0.15) is 6.04 Å². The van der Waals surface area contributed by atoms with Crippen LogP contribution in [0, 0.1) is 13.8 Å². The zero-order chi connectivity index (χ0) is 15.1. The van der Waals surface area contributed by atoms with Gasteiger partial charge in [-0.15, -0.1) is 0 Å². The van der Waals surface area contributed by atoms with Crippen molar-refractivity contribution in [1.29, 1.82) is 0 Å². The van der Waals surface area contributed by atoms with Crippen LogP contribution < -0.4 is 16.4 Å². The molecule has 6 heteroatoms. The first kappa shape index (κ1) is 16.1. The number of para-hydroxylation sites is 1. The predicted octanol–water partition coefficient (Wildman–Crippen LogP) is 0.332. The molecule has 0 aliphatic carbocycles. The topological polar surface area (TPSA) is 93.4 Å². The van der Waals surface area contributed by atoms with Crippen LogP contribution in [0.15, 0.2) is 18.2 Å². The van der Waals surface area contributed by atoms with Crippen molar-refractivity contribution < 1.29 is 14.3 Å². The summed E-state index contributed by atoms with van der Waals surface area (Å²) in [6, 6.07) is 4.98. The normalized spacial score (nSPS) is 11.8. The first-order valence-corrected chi connectivity index (χ1v) is 6.34. The molecule has 0 spiro atoms. The minimum Gasteiger partial charge on any atom is -0.383 e. The van der Waals surface area contributed by atoms with Gasteiger partial charge in [0.2, 0.25) is 11.8 Å². The second-order valence-corrected chi connectivity index (χ2v) is 4.59. The second kappa shape index (κ2) is 7.62. The Morgan fingerprint density at radius 1 is 1.30 bits per heavy atom. The van der Waals surface area contributed by atoms with Gasteiger partial charge in [-0.05, 0) is 25.0 Å². The number of amides is 2. The van der Waals surface area contributed by atoms with Crippen LogP contribution in [0.25, 0.3) is 0 Å². The number of ether oxygens (including phenoxy) is 1. The van der Waals surface area contributed by atoms with Gasteiger partial charge in [0.05, 0.1) is 13.2 Å². The van der Waals surface area contributed by atoms with Crippen LogP contribution in [-0.4, -0.2) is 38.1 Å². The average molecular weight is 279 g/mol. The lowest BCUT2D eigenvalue weighted by atomic mass is 10.1. The number of methoxy groups -OCH3 is 1. The molecular formula is C14H21N3O3. The summed E-state index contributed by atoms with van der Waals surface area (Å²) in [6.45, 7) is 3.82. The number of carbonyl (C=O) groups excluding carboxylic acids is 2. The molecule has 1 aromatic carbocycles. The van der Waals surface area contributed by atoms with E-state index in [1.54, 1.807) is 0 Å². The van der Waals surface area contributed by atoms with Crippen molar-refractivity contribution in [3.8, 4) is 0 Å². The van der Waals surface area contributed by atoms with Gasteiger partial charge in [0.25, 0.3) is 0 Å². The summed E-state index contributed by atoms with van der Waals surface area (Å²) in [5, 5.41) is 5.25. The first-order valence-electron chi connectivity index (χ1n) is 6.34. The van der Waals surface area contributed by atoms with Crippen molar-refractivity contribution in [3.63, 3.8) is 0 Å². The van der Waals surface area contributed by atoms with Crippen LogP contribution in [0.1, 0.15) is 11.1 Å². The van der Waals surface area contributed by atoms with E-state index in [2.05, 4.69) is 10.6 Å². The molecule has 1 atom stereocenters. The predicted molar refractivity (Wildman–Crippen MR) is 77.4 cm³/mol. The quantitative estimate of drug-likeness (QED) is 0.699. The molecule has 1 rings (SSSR count). The zero-order valence-corrected chi connectivity index (χ0v) is 12.0. The molecule has 0 heterocycles. The molecule has 0 aliphatic heterocycles. The average Bonchev–Trinajstić information content (AvgIpc) is 2.40. The van der Waals surface area contributed by atoms with Crippen molar-refractivity contribution in [2.45, 2.75) is 19.9 Å². The van der Waals surface area contributed by atoms with E-state index in [4.69, 9.17) is 10.5 Å². The molecule has 0 fully saturated rings. The van der Waals surface area contributed by atoms with Crippen molar-refractivity contribution in [2.75, 3.05) is 25.6 Å². The number of aryl methyl sites for hydroxylation is 2. The van der Waals surface area contributed by atoms with Crippen molar-refractivity contribution >= 4 is 17.5 Å². The Balaban J connectivity index is 2.50. The van der Waals surface area contributed by atoms with Gasteiger partial charge in [-0.25, -0.2) is 0 Å². The molecule has 110 valence electrons. The van der Waals surface area contributed by atoms with E-state index in [1.807, 2.05) is 32.0 Å². The van der Waals surface area contributed by atoms with Gasteiger partial charge in [-0.3, -0.25) is 9.59 Å². The third-order valence-corrected chi connectivity index (χ3v) is 2.85. The lowest BCUT2D eigenvalue weighted by Crippen LogP contribution is -2.45. The Morgan fingerprint density at radius 3 is 2.45 bits per heavy atom. The molecule has 1 aromatic rings. The summed E-state index contributed by atoms with van der Waals surface area (Å²) < 4.78 is 4.77. The molecular weight excluding hydrogens is 258 g/mol. The largest absolute Gasteiger partial charge is 0.383 e. The summed E-state index contributed by atoms with van der Waals surface area (Å²) in [5.41, 5.74) is 8.26. The summed E-state index contributed by atoms with van der Waals surface area (Å²) in [5.74, 6) is -0.705. The number of hydrogen-bond acceptors (Lipinski definition) is 4. The minimum atomic E-state index is -0.770. The maximum atomic E-state index is 11.8. The van der Waals surface area contributed by atoms with Gasteiger partial charge in [0, 0.05) is 12.8 Å². The Bertz CT molecular complexity index is 468. The SMILES string of the molecule is COCC(N)C(=O)NCC(=O)Nc1c(C)cccc1C. The number of anilines is 1. The van der Waals surface area contributed by atoms with E-state index in [0.29, 0.717) is 0 Å². The fourth-order valence-electron chi connectivity index (χ4n) is 1.75. The highest BCUT2D eigenvalue weighted by atomic mass is 16.5. The molecule has 20 heavy (non-hydrogen) atoms. The number of hydrogen-bond donors (Lipinski definition) is 3. The summed E-state index contributed by atoms with van der Waals surface area (Å²) in [7, 11) is 1.46. The molecule has 0 saturated heterocycles. The monoisotopic (exact) mass is 279 g/mol. The van der Waals surface area contributed by atoms with Crippen LogP contribution in [0.4, 0.5) is 5.69 Å². The molecule has 0 saturated carbocycles. The number of benzene rings is 1. The van der Waals surface area contributed by atoms with Gasteiger partial charge >= 0.3 is 0 Å². The first-order chi connectivity index (χ1) is 9.45. The zero-order valence-electron chi connectivity index (χ0n) is 12.0. The third-order valence-electron chi connectivity index (χ3n) is 2.85. The summed E-state index contributed by atoms with van der Waals surface area (Å²) >= 11 is 0. The number of carbonyl (C=O) groups is 2. The molecule has 0 aliphatic rings. The maximum Gasteiger partial charge on any atom is 0.243 e. The Kier molecular flexibility index (Phi) is 6.14. The van der Waals surface area contributed by atoms with E-state index in [9.17, 15) is 9.59 Å². The van der Waals surface area contributed by atoms with Crippen molar-refractivity contribution in [3.05, 3.63) is 29.3 Å². The summed E-state index contributed by atoms with van der Waals surface area (Å²) in [6.07, 6.45) is 0.